The molecule has 2 N–H and O–H groups in total. The highest BCUT2D eigenvalue weighted by Crippen LogP contribution is 2.43. The summed E-state index contributed by atoms with van der Waals surface area (Å²) >= 11 is 5.74. The van der Waals surface area contributed by atoms with Gasteiger partial charge in [0.15, 0.2) is 11.3 Å². The van der Waals surface area contributed by atoms with Gasteiger partial charge in [-0.05, 0) is 55.5 Å². The number of rotatable bonds is 4. The summed E-state index contributed by atoms with van der Waals surface area (Å²) < 4.78 is 5.22. The van der Waals surface area contributed by atoms with Crippen LogP contribution < -0.4 is 14.5 Å². The zero-order valence-corrected chi connectivity index (χ0v) is 17.0. The van der Waals surface area contributed by atoms with E-state index in [1.54, 1.807) is 41.2 Å². The van der Waals surface area contributed by atoms with E-state index in [4.69, 9.17) is 17.0 Å². The Hall–Kier alpha value is -2.93. The Morgan fingerprint density at radius 1 is 0.897 bits per heavy atom. The monoisotopic (exact) mass is 406 g/mol. The Balaban J connectivity index is 1.86. The van der Waals surface area contributed by atoms with Crippen molar-refractivity contribution in [1.82, 2.24) is 0 Å². The number of anilines is 2. The van der Waals surface area contributed by atoms with E-state index >= 15 is 0 Å². The molecule has 2 atom stereocenters. The minimum Gasteiger partial charge on any atom is -0.497 e. The highest BCUT2D eigenvalue weighted by Gasteiger charge is 2.56. The van der Waals surface area contributed by atoms with Crippen LogP contribution in [0, 0.1) is 6.92 Å². The second-order valence-corrected chi connectivity index (χ2v) is 7.35. The van der Waals surface area contributed by atoms with E-state index in [9.17, 15) is 10.2 Å². The molecule has 1 aliphatic heterocycles. The van der Waals surface area contributed by atoms with Gasteiger partial charge in [-0.3, -0.25) is 9.80 Å². The number of para-hydroxylation sites is 1. The average Bonchev–Trinajstić information content (AvgIpc) is 2.95. The maximum absolute atomic E-state index is 11.9. The van der Waals surface area contributed by atoms with Gasteiger partial charge in [-0.15, -0.1) is 0 Å². The van der Waals surface area contributed by atoms with E-state index < -0.39 is 12.0 Å². The smallest absolute Gasteiger partial charge is 0.217 e. The zero-order chi connectivity index (χ0) is 20.6. The standard InChI is InChI=1S/C23H22N2O3S/c1-16-8-10-17(11-9-16)23(27)21(26)24(18-12-14-20(28-2)15-13-18)22(29)25(23)19-6-4-3-5-7-19/h3-15,21,26-27H,1-2H3/t21-,23+/m0/s1. The lowest BCUT2D eigenvalue weighted by Crippen LogP contribution is -2.49. The van der Waals surface area contributed by atoms with Crippen molar-refractivity contribution in [3.05, 3.63) is 90.0 Å². The Morgan fingerprint density at radius 2 is 1.52 bits per heavy atom. The topological polar surface area (TPSA) is 56.2 Å². The number of thiocarbonyl (C=S) groups is 1. The predicted octanol–water partition coefficient (Wildman–Crippen LogP) is 3.78. The molecule has 148 valence electrons. The average molecular weight is 407 g/mol. The SMILES string of the molecule is COc1ccc(N2C(=S)N(c3ccccc3)[C@@](O)(c3ccc(C)cc3)[C@@H]2O)cc1. The third-order valence-electron chi connectivity index (χ3n) is 5.18. The molecule has 0 aromatic heterocycles. The highest BCUT2D eigenvalue weighted by atomic mass is 32.1. The molecule has 0 aliphatic carbocycles. The van der Waals surface area contributed by atoms with Crippen LogP contribution in [0.2, 0.25) is 0 Å². The number of hydrogen-bond acceptors (Lipinski definition) is 4. The van der Waals surface area contributed by atoms with Gasteiger partial charge < -0.3 is 14.9 Å². The number of nitrogens with zero attached hydrogens (tertiary/aromatic N) is 2. The first-order valence-corrected chi connectivity index (χ1v) is 9.67. The van der Waals surface area contributed by atoms with Gasteiger partial charge in [0.25, 0.3) is 0 Å². The number of aliphatic hydroxyl groups is 2. The van der Waals surface area contributed by atoms with Gasteiger partial charge in [0.1, 0.15) is 5.75 Å². The van der Waals surface area contributed by atoms with Gasteiger partial charge in [0.2, 0.25) is 5.72 Å². The van der Waals surface area contributed by atoms with Gasteiger partial charge in [-0.1, -0.05) is 48.0 Å². The molecule has 0 radical (unpaired) electrons. The van der Waals surface area contributed by atoms with Crippen molar-refractivity contribution < 1.29 is 14.9 Å². The fourth-order valence-corrected chi connectivity index (χ4v) is 4.06. The fraction of sp³-hybridized carbons (Fsp3) is 0.174. The molecule has 3 aromatic rings. The van der Waals surface area contributed by atoms with E-state index in [0.29, 0.717) is 27.8 Å². The number of benzene rings is 3. The van der Waals surface area contributed by atoms with Crippen molar-refractivity contribution in [2.75, 3.05) is 16.9 Å². The quantitative estimate of drug-likeness (QED) is 0.643. The summed E-state index contributed by atoms with van der Waals surface area (Å²) in [6.07, 6.45) is -1.31. The molecule has 0 unspecified atom stereocenters. The largest absolute Gasteiger partial charge is 0.497 e. The summed E-state index contributed by atoms with van der Waals surface area (Å²) in [6, 6.07) is 24.0. The minimum atomic E-state index is -1.76. The Morgan fingerprint density at radius 3 is 2.10 bits per heavy atom. The molecule has 0 spiro atoms. The van der Waals surface area contributed by atoms with Crippen LogP contribution >= 0.6 is 12.2 Å². The van der Waals surface area contributed by atoms with Crippen molar-refractivity contribution >= 4 is 28.7 Å². The van der Waals surface area contributed by atoms with Gasteiger partial charge in [0.05, 0.1) is 7.11 Å². The van der Waals surface area contributed by atoms with Crippen molar-refractivity contribution in [1.29, 1.82) is 0 Å². The lowest BCUT2D eigenvalue weighted by Gasteiger charge is -2.35. The minimum absolute atomic E-state index is 0.303. The summed E-state index contributed by atoms with van der Waals surface area (Å²) in [5, 5.41) is 23.5. The molecule has 0 amide bonds. The summed E-state index contributed by atoms with van der Waals surface area (Å²) in [4.78, 5) is 3.16. The number of hydrogen-bond donors (Lipinski definition) is 2. The molecule has 0 bridgehead atoms. The maximum atomic E-state index is 11.9. The fourth-order valence-electron chi connectivity index (χ4n) is 3.61. The van der Waals surface area contributed by atoms with Crippen LogP contribution in [0.3, 0.4) is 0 Å². The lowest BCUT2D eigenvalue weighted by atomic mass is 9.98. The summed E-state index contributed by atoms with van der Waals surface area (Å²) in [5.74, 6) is 0.696. The maximum Gasteiger partial charge on any atom is 0.217 e. The van der Waals surface area contributed by atoms with E-state index in [-0.39, 0.29) is 0 Å². The second kappa shape index (κ2) is 7.48. The lowest BCUT2D eigenvalue weighted by molar-refractivity contribution is -0.0546. The van der Waals surface area contributed by atoms with Gasteiger partial charge >= 0.3 is 0 Å². The van der Waals surface area contributed by atoms with Gasteiger partial charge in [-0.2, -0.15) is 0 Å². The van der Waals surface area contributed by atoms with Crippen LogP contribution in [0.4, 0.5) is 11.4 Å². The molecule has 1 heterocycles. The summed E-state index contributed by atoms with van der Waals surface area (Å²) in [6.45, 7) is 1.97. The molecule has 3 aromatic carbocycles. The van der Waals surface area contributed by atoms with Crippen molar-refractivity contribution in [3.63, 3.8) is 0 Å². The number of methoxy groups -OCH3 is 1. The normalized spacial score (nSPS) is 21.5. The van der Waals surface area contributed by atoms with E-state index in [0.717, 1.165) is 5.56 Å². The number of ether oxygens (including phenoxy) is 1. The summed E-state index contributed by atoms with van der Waals surface area (Å²) in [5.41, 5.74) is 1.21. The molecule has 29 heavy (non-hydrogen) atoms. The van der Waals surface area contributed by atoms with Crippen molar-refractivity contribution in [2.45, 2.75) is 18.9 Å². The Kier molecular flexibility index (Phi) is 5.00. The van der Waals surface area contributed by atoms with Crippen LogP contribution in [0.15, 0.2) is 78.9 Å². The number of aliphatic hydroxyl groups excluding tert-OH is 1. The second-order valence-electron chi connectivity index (χ2n) is 6.99. The molecular weight excluding hydrogens is 384 g/mol. The first kappa shape index (κ1) is 19.4. The zero-order valence-electron chi connectivity index (χ0n) is 16.2. The molecule has 4 rings (SSSR count). The molecule has 1 fully saturated rings. The molecule has 1 saturated heterocycles. The van der Waals surface area contributed by atoms with Crippen molar-refractivity contribution in [3.8, 4) is 5.75 Å². The van der Waals surface area contributed by atoms with Gasteiger partial charge in [0, 0.05) is 16.9 Å². The third-order valence-corrected chi connectivity index (χ3v) is 5.56. The van der Waals surface area contributed by atoms with Crippen molar-refractivity contribution in [2.24, 2.45) is 0 Å². The van der Waals surface area contributed by atoms with E-state index in [1.165, 1.54) is 0 Å². The van der Waals surface area contributed by atoms with Crippen LogP contribution in [0.1, 0.15) is 11.1 Å². The van der Waals surface area contributed by atoms with Crippen LogP contribution in [0.5, 0.6) is 5.75 Å². The molecule has 0 saturated carbocycles. The predicted molar refractivity (Wildman–Crippen MR) is 118 cm³/mol. The molecule has 5 nitrogen and oxygen atoms in total. The van der Waals surface area contributed by atoms with E-state index in [1.807, 2.05) is 61.5 Å². The van der Waals surface area contributed by atoms with Crippen LogP contribution in [0.25, 0.3) is 0 Å². The van der Waals surface area contributed by atoms with Crippen LogP contribution in [-0.4, -0.2) is 28.7 Å². The first-order chi connectivity index (χ1) is 14.0. The third kappa shape index (κ3) is 3.15. The highest BCUT2D eigenvalue weighted by molar-refractivity contribution is 7.80. The number of aryl methyl sites for hydroxylation is 1. The molecule has 1 aliphatic rings. The van der Waals surface area contributed by atoms with E-state index in [2.05, 4.69) is 0 Å². The Bertz CT molecular complexity index is 1010. The van der Waals surface area contributed by atoms with Crippen LogP contribution in [-0.2, 0) is 5.72 Å². The first-order valence-electron chi connectivity index (χ1n) is 9.27. The molecular formula is C23H22N2O3S. The summed E-state index contributed by atoms with van der Waals surface area (Å²) in [7, 11) is 1.59. The Labute approximate surface area is 175 Å². The molecule has 6 heteroatoms. The van der Waals surface area contributed by atoms with Gasteiger partial charge in [-0.25, -0.2) is 0 Å².